The lowest BCUT2D eigenvalue weighted by Gasteiger charge is -2.36. The van der Waals surface area contributed by atoms with E-state index in [4.69, 9.17) is 4.74 Å². The van der Waals surface area contributed by atoms with Crippen LogP contribution in [0.15, 0.2) is 12.3 Å². The summed E-state index contributed by atoms with van der Waals surface area (Å²) >= 11 is 0. The van der Waals surface area contributed by atoms with E-state index in [2.05, 4.69) is 13.8 Å². The van der Waals surface area contributed by atoms with Crippen molar-refractivity contribution < 1.29 is 9.84 Å². The van der Waals surface area contributed by atoms with Crippen LogP contribution in [0.3, 0.4) is 0 Å². The van der Waals surface area contributed by atoms with Crippen molar-refractivity contribution in [2.24, 2.45) is 5.92 Å². The lowest BCUT2D eigenvalue weighted by molar-refractivity contribution is -0.0485. The van der Waals surface area contributed by atoms with Crippen molar-refractivity contribution in [3.8, 4) is 0 Å². The Morgan fingerprint density at radius 2 is 2.13 bits per heavy atom. The molecule has 3 unspecified atom stereocenters. The topological polar surface area (TPSA) is 29.5 Å². The van der Waals surface area contributed by atoms with Gasteiger partial charge < -0.3 is 9.84 Å². The zero-order valence-electron chi connectivity index (χ0n) is 10.2. The second-order valence-electron chi connectivity index (χ2n) is 4.47. The van der Waals surface area contributed by atoms with Crippen LogP contribution in [0.5, 0.6) is 0 Å². The SMILES string of the molecule is CCCCC1(CC)OC=CC1C(O)CC. The van der Waals surface area contributed by atoms with E-state index in [9.17, 15) is 5.11 Å². The fraction of sp³-hybridized carbons (Fsp3) is 0.846. The lowest BCUT2D eigenvalue weighted by Crippen LogP contribution is -2.41. The summed E-state index contributed by atoms with van der Waals surface area (Å²) in [7, 11) is 0. The second-order valence-corrected chi connectivity index (χ2v) is 4.47. The van der Waals surface area contributed by atoms with Gasteiger partial charge in [0.25, 0.3) is 0 Å². The number of rotatable bonds is 6. The molecule has 0 aliphatic carbocycles. The van der Waals surface area contributed by atoms with Gasteiger partial charge in [-0.05, 0) is 31.8 Å². The molecular weight excluding hydrogens is 188 g/mol. The minimum absolute atomic E-state index is 0.133. The van der Waals surface area contributed by atoms with Gasteiger partial charge in [-0.1, -0.05) is 27.2 Å². The highest BCUT2D eigenvalue weighted by Gasteiger charge is 2.43. The summed E-state index contributed by atoms with van der Waals surface area (Å²) in [5, 5.41) is 9.99. The maximum absolute atomic E-state index is 9.99. The average molecular weight is 212 g/mol. The number of aliphatic hydroxyl groups is 1. The fourth-order valence-corrected chi connectivity index (χ4v) is 2.44. The van der Waals surface area contributed by atoms with Crippen LogP contribution in [-0.2, 0) is 4.74 Å². The highest BCUT2D eigenvalue weighted by Crippen LogP contribution is 2.39. The minimum Gasteiger partial charge on any atom is -0.494 e. The predicted octanol–water partition coefficient (Wildman–Crippen LogP) is 3.26. The van der Waals surface area contributed by atoms with E-state index in [-0.39, 0.29) is 17.6 Å². The molecule has 1 heterocycles. The van der Waals surface area contributed by atoms with Crippen molar-refractivity contribution in [2.45, 2.75) is 64.6 Å². The molecule has 0 spiro atoms. The molecule has 2 heteroatoms. The molecule has 0 fully saturated rings. The molecule has 0 aromatic rings. The van der Waals surface area contributed by atoms with Gasteiger partial charge in [0.1, 0.15) is 5.60 Å². The smallest absolute Gasteiger partial charge is 0.117 e. The molecule has 1 N–H and O–H groups in total. The molecule has 88 valence electrons. The van der Waals surface area contributed by atoms with Gasteiger partial charge >= 0.3 is 0 Å². The first kappa shape index (κ1) is 12.6. The zero-order chi connectivity index (χ0) is 11.3. The van der Waals surface area contributed by atoms with Crippen LogP contribution >= 0.6 is 0 Å². The summed E-state index contributed by atoms with van der Waals surface area (Å²) in [6, 6.07) is 0. The monoisotopic (exact) mass is 212 g/mol. The van der Waals surface area contributed by atoms with Crippen molar-refractivity contribution in [1.82, 2.24) is 0 Å². The Morgan fingerprint density at radius 3 is 2.67 bits per heavy atom. The molecule has 0 aromatic carbocycles. The van der Waals surface area contributed by atoms with Gasteiger partial charge in [-0.2, -0.15) is 0 Å². The summed E-state index contributed by atoms with van der Waals surface area (Å²) < 4.78 is 5.79. The third-order valence-electron chi connectivity index (χ3n) is 3.58. The lowest BCUT2D eigenvalue weighted by atomic mass is 9.78. The molecule has 1 aliphatic heterocycles. The van der Waals surface area contributed by atoms with Crippen LogP contribution in [0, 0.1) is 5.92 Å². The molecule has 0 saturated heterocycles. The average Bonchev–Trinajstić information content (AvgIpc) is 2.69. The van der Waals surface area contributed by atoms with Gasteiger partial charge in [0, 0.05) is 5.92 Å². The summed E-state index contributed by atoms with van der Waals surface area (Å²) in [5.74, 6) is 0.180. The number of hydrogen-bond acceptors (Lipinski definition) is 2. The Kier molecular flexibility index (Phi) is 4.65. The van der Waals surface area contributed by atoms with Crippen LogP contribution in [0.25, 0.3) is 0 Å². The van der Waals surface area contributed by atoms with Crippen molar-refractivity contribution >= 4 is 0 Å². The molecule has 0 amide bonds. The van der Waals surface area contributed by atoms with Crippen LogP contribution in [0.4, 0.5) is 0 Å². The van der Waals surface area contributed by atoms with Gasteiger partial charge in [0.15, 0.2) is 0 Å². The Balaban J connectivity index is 2.70. The van der Waals surface area contributed by atoms with E-state index in [0.29, 0.717) is 0 Å². The molecule has 0 radical (unpaired) electrons. The van der Waals surface area contributed by atoms with E-state index in [1.807, 2.05) is 13.0 Å². The van der Waals surface area contributed by atoms with Gasteiger partial charge in [-0.25, -0.2) is 0 Å². The van der Waals surface area contributed by atoms with Crippen LogP contribution in [0.1, 0.15) is 52.9 Å². The summed E-state index contributed by atoms with van der Waals surface area (Å²) in [6.45, 7) is 6.37. The van der Waals surface area contributed by atoms with Gasteiger partial charge in [-0.3, -0.25) is 0 Å². The van der Waals surface area contributed by atoms with E-state index in [1.54, 1.807) is 6.26 Å². The fourth-order valence-electron chi connectivity index (χ4n) is 2.44. The summed E-state index contributed by atoms with van der Waals surface area (Å²) in [6.07, 6.45) is 8.72. The van der Waals surface area contributed by atoms with Crippen molar-refractivity contribution in [3.63, 3.8) is 0 Å². The van der Waals surface area contributed by atoms with Crippen LogP contribution in [-0.4, -0.2) is 16.8 Å². The minimum atomic E-state index is -0.263. The quantitative estimate of drug-likeness (QED) is 0.732. The standard InChI is InChI=1S/C13H24O2/c1-4-7-9-13(6-3)11(8-10-15-13)12(14)5-2/h8,10-12,14H,4-7,9H2,1-3H3. The predicted molar refractivity (Wildman–Crippen MR) is 62.6 cm³/mol. The van der Waals surface area contributed by atoms with Crippen molar-refractivity contribution in [3.05, 3.63) is 12.3 Å². The van der Waals surface area contributed by atoms with Gasteiger partial charge in [0.2, 0.25) is 0 Å². The normalized spacial score (nSPS) is 31.6. The molecule has 0 aromatic heterocycles. The van der Waals surface area contributed by atoms with E-state index in [0.717, 1.165) is 19.3 Å². The highest BCUT2D eigenvalue weighted by molar-refractivity contribution is 5.07. The number of aliphatic hydroxyl groups excluding tert-OH is 1. The maximum atomic E-state index is 9.99. The summed E-state index contributed by atoms with van der Waals surface area (Å²) in [5.41, 5.74) is -0.133. The first-order chi connectivity index (χ1) is 7.20. The molecule has 1 rings (SSSR count). The Labute approximate surface area is 93.3 Å². The molecule has 15 heavy (non-hydrogen) atoms. The zero-order valence-corrected chi connectivity index (χ0v) is 10.2. The molecule has 2 nitrogen and oxygen atoms in total. The molecule has 0 saturated carbocycles. The first-order valence-electron chi connectivity index (χ1n) is 6.22. The Hall–Kier alpha value is -0.500. The van der Waals surface area contributed by atoms with Gasteiger partial charge in [-0.15, -0.1) is 0 Å². The van der Waals surface area contributed by atoms with Crippen molar-refractivity contribution in [1.29, 1.82) is 0 Å². The molecule has 1 aliphatic rings. The third kappa shape index (κ3) is 2.54. The van der Waals surface area contributed by atoms with Crippen LogP contribution in [0.2, 0.25) is 0 Å². The number of ether oxygens (including phenoxy) is 1. The molecule has 0 bridgehead atoms. The summed E-state index contributed by atoms with van der Waals surface area (Å²) in [4.78, 5) is 0. The second kappa shape index (κ2) is 5.55. The number of hydrogen-bond donors (Lipinski definition) is 1. The Morgan fingerprint density at radius 1 is 1.40 bits per heavy atom. The first-order valence-corrected chi connectivity index (χ1v) is 6.22. The highest BCUT2D eigenvalue weighted by atomic mass is 16.5. The van der Waals surface area contributed by atoms with Crippen molar-refractivity contribution in [2.75, 3.05) is 0 Å². The van der Waals surface area contributed by atoms with Crippen LogP contribution < -0.4 is 0 Å². The maximum Gasteiger partial charge on any atom is 0.117 e. The largest absolute Gasteiger partial charge is 0.494 e. The Bertz CT molecular complexity index is 213. The van der Waals surface area contributed by atoms with E-state index in [1.165, 1.54) is 12.8 Å². The third-order valence-corrected chi connectivity index (χ3v) is 3.58. The molecular formula is C13H24O2. The van der Waals surface area contributed by atoms with Gasteiger partial charge in [0.05, 0.1) is 12.4 Å². The number of unbranched alkanes of at least 4 members (excludes halogenated alkanes) is 1. The van der Waals surface area contributed by atoms with E-state index >= 15 is 0 Å². The molecule has 3 atom stereocenters. The van der Waals surface area contributed by atoms with E-state index < -0.39 is 0 Å².